The lowest BCUT2D eigenvalue weighted by Crippen LogP contribution is -2.65. The number of fused-ring (bicyclic) bond motifs is 1. The van der Waals surface area contributed by atoms with Gasteiger partial charge in [0.2, 0.25) is 0 Å². The predicted molar refractivity (Wildman–Crippen MR) is 185 cm³/mol. The van der Waals surface area contributed by atoms with Crippen molar-refractivity contribution in [2.45, 2.75) is 90.0 Å². The molecular formula is C37H48F3N7O3. The van der Waals surface area contributed by atoms with Crippen LogP contribution in [-0.2, 0) is 13.0 Å². The summed E-state index contributed by atoms with van der Waals surface area (Å²) in [6.07, 6.45) is 8.11. The summed E-state index contributed by atoms with van der Waals surface area (Å²) in [5.41, 5.74) is 2.35. The maximum absolute atomic E-state index is 14.4. The minimum Gasteiger partial charge on any atom is -0.490 e. The molecule has 270 valence electrons. The molecule has 1 amide bonds. The highest BCUT2D eigenvalue weighted by molar-refractivity contribution is 5.97. The number of nitrogens with one attached hydrogen (secondary N) is 1. The van der Waals surface area contributed by atoms with Crippen LogP contribution in [0, 0.1) is 11.2 Å². The molecule has 0 radical (unpaired) electrons. The normalized spacial score (nSPS) is 19.1. The van der Waals surface area contributed by atoms with Crippen LogP contribution in [0.1, 0.15) is 74.5 Å². The van der Waals surface area contributed by atoms with Crippen LogP contribution in [0.3, 0.4) is 0 Å². The van der Waals surface area contributed by atoms with Gasteiger partial charge in [-0.1, -0.05) is 6.92 Å². The van der Waals surface area contributed by atoms with Gasteiger partial charge in [-0.2, -0.15) is 0 Å². The lowest BCUT2D eigenvalue weighted by molar-refractivity contribution is -0.120. The molecule has 3 aromatic rings. The van der Waals surface area contributed by atoms with Crippen LogP contribution in [-0.4, -0.2) is 95.0 Å². The molecule has 2 aliphatic carbocycles. The number of nitrogens with zero attached hydrogens (tertiary/aromatic N) is 6. The van der Waals surface area contributed by atoms with Crippen molar-refractivity contribution in [1.29, 1.82) is 0 Å². The van der Waals surface area contributed by atoms with Crippen LogP contribution < -0.4 is 19.7 Å². The number of hydrogen-bond acceptors (Lipinski definition) is 9. The summed E-state index contributed by atoms with van der Waals surface area (Å²) in [6, 6.07) is 4.64. The van der Waals surface area contributed by atoms with Gasteiger partial charge in [0.1, 0.15) is 29.7 Å². The first kappa shape index (κ1) is 35.8. The van der Waals surface area contributed by atoms with E-state index in [0.29, 0.717) is 11.6 Å². The predicted octanol–water partition coefficient (Wildman–Crippen LogP) is 6.10. The molecule has 10 nitrogen and oxygen atoms in total. The van der Waals surface area contributed by atoms with Crippen LogP contribution in [0.15, 0.2) is 43.0 Å². The molecule has 2 saturated carbocycles. The Morgan fingerprint density at radius 1 is 1.08 bits per heavy atom. The van der Waals surface area contributed by atoms with Crippen LogP contribution in [0.4, 0.5) is 19.0 Å². The zero-order chi connectivity index (χ0) is 35.6. The number of anilines is 1. The molecular weight excluding hydrogens is 647 g/mol. The second kappa shape index (κ2) is 14.7. The highest BCUT2D eigenvalue weighted by atomic mass is 19.3. The fraction of sp³-hybridized carbons (Fsp3) is 0.568. The van der Waals surface area contributed by atoms with Crippen LogP contribution in [0.2, 0.25) is 0 Å². The highest BCUT2D eigenvalue weighted by Crippen LogP contribution is 2.52. The molecule has 0 bridgehead atoms. The van der Waals surface area contributed by atoms with Crippen LogP contribution in [0.5, 0.6) is 17.2 Å². The minimum atomic E-state index is -2.80. The maximum Gasteiger partial charge on any atom is 0.258 e. The number of alkyl halides is 2. The molecule has 0 unspecified atom stereocenters. The van der Waals surface area contributed by atoms with Crippen molar-refractivity contribution >= 4 is 11.7 Å². The zero-order valence-corrected chi connectivity index (χ0v) is 29.6. The summed E-state index contributed by atoms with van der Waals surface area (Å²) in [5, 5.41) is 3.39. The maximum atomic E-state index is 14.4. The first-order valence-corrected chi connectivity index (χ1v) is 17.6. The molecule has 13 heteroatoms. The van der Waals surface area contributed by atoms with Gasteiger partial charge in [-0.25, -0.2) is 23.1 Å². The van der Waals surface area contributed by atoms with Crippen molar-refractivity contribution in [1.82, 2.24) is 30.1 Å². The van der Waals surface area contributed by atoms with Crippen LogP contribution >= 0.6 is 0 Å². The molecule has 2 aliphatic heterocycles. The van der Waals surface area contributed by atoms with Gasteiger partial charge < -0.3 is 29.5 Å². The minimum absolute atomic E-state index is 0.0312. The van der Waals surface area contributed by atoms with E-state index >= 15 is 0 Å². The molecule has 1 spiro atoms. The number of rotatable bonds is 10. The summed E-state index contributed by atoms with van der Waals surface area (Å²) >= 11 is 0. The number of amides is 1. The van der Waals surface area contributed by atoms with Gasteiger partial charge in [0.15, 0.2) is 11.6 Å². The van der Waals surface area contributed by atoms with E-state index in [1.54, 1.807) is 13.8 Å². The van der Waals surface area contributed by atoms with Gasteiger partial charge in [-0.05, 0) is 78.0 Å². The van der Waals surface area contributed by atoms with Crippen molar-refractivity contribution in [3.05, 3.63) is 65.6 Å². The SMILES string of the molecule is CC(C)N(C(=O)c1cc(F)ccc1Oc1cncnc1N1CC2(CC(Oc3ccnc4c3CNCC4)C2)C1)C1CC(F)(F)C1.CCCN(C)C. The van der Waals surface area contributed by atoms with Gasteiger partial charge in [0.05, 0.1) is 11.8 Å². The van der Waals surface area contributed by atoms with Crippen LogP contribution in [0.25, 0.3) is 0 Å². The molecule has 3 fully saturated rings. The standard InChI is InChI=1S/C32H35F3N6O3.C5H13N/c1-19(2)41(21-10-32(34,35)11-21)30(42)23-9-20(33)3-4-26(23)44-28-15-37-18-39-29(28)40-16-31(17-40)12-22(13-31)43-27-6-8-38-25-5-7-36-14-24(25)27;1-4-5-6(2)3/h3-4,6,8-9,15,18-19,21-22,36H,5,7,10-14,16-17H2,1-2H3;4-5H2,1-3H3. The quantitative estimate of drug-likeness (QED) is 0.270. The molecule has 4 aliphatic rings. The number of pyridine rings is 1. The third-order valence-corrected chi connectivity index (χ3v) is 9.88. The Balaban J connectivity index is 0.000000664. The largest absolute Gasteiger partial charge is 0.490 e. The second-order valence-corrected chi connectivity index (χ2v) is 14.6. The number of aromatic nitrogens is 3. The topological polar surface area (TPSA) is 96.0 Å². The lowest BCUT2D eigenvalue weighted by atomic mass is 9.61. The highest BCUT2D eigenvalue weighted by Gasteiger charge is 2.54. The summed E-state index contributed by atoms with van der Waals surface area (Å²) in [4.78, 5) is 32.4. The third-order valence-electron chi connectivity index (χ3n) is 9.88. The third kappa shape index (κ3) is 7.83. The van der Waals surface area contributed by atoms with Crippen molar-refractivity contribution in [2.24, 2.45) is 5.41 Å². The molecule has 0 atom stereocenters. The number of ether oxygens (including phenoxy) is 2. The Morgan fingerprint density at radius 3 is 2.50 bits per heavy atom. The molecule has 7 rings (SSSR count). The van der Waals surface area contributed by atoms with E-state index in [1.807, 2.05) is 12.3 Å². The molecule has 1 N–H and O–H groups in total. The van der Waals surface area contributed by atoms with E-state index in [2.05, 4.69) is 51.1 Å². The van der Waals surface area contributed by atoms with E-state index in [9.17, 15) is 18.0 Å². The van der Waals surface area contributed by atoms with Crippen molar-refractivity contribution in [3.63, 3.8) is 0 Å². The summed E-state index contributed by atoms with van der Waals surface area (Å²) in [6.45, 7) is 10.1. The van der Waals surface area contributed by atoms with E-state index in [-0.39, 0.29) is 28.9 Å². The van der Waals surface area contributed by atoms with Gasteiger partial charge in [0, 0.05) is 80.4 Å². The van der Waals surface area contributed by atoms with E-state index < -0.39 is 36.5 Å². The van der Waals surface area contributed by atoms with E-state index in [0.717, 1.165) is 68.5 Å². The van der Waals surface area contributed by atoms with Crippen molar-refractivity contribution < 1.29 is 27.4 Å². The molecule has 4 heterocycles. The Labute approximate surface area is 292 Å². The fourth-order valence-corrected chi connectivity index (χ4v) is 7.52. The molecule has 1 aromatic carbocycles. The van der Waals surface area contributed by atoms with Gasteiger partial charge in [-0.15, -0.1) is 0 Å². The zero-order valence-electron chi connectivity index (χ0n) is 29.6. The Kier molecular flexibility index (Phi) is 10.5. The first-order chi connectivity index (χ1) is 23.9. The lowest BCUT2D eigenvalue weighted by Gasteiger charge is -2.59. The summed E-state index contributed by atoms with van der Waals surface area (Å²) in [7, 11) is 4.17. The molecule has 50 heavy (non-hydrogen) atoms. The number of benzene rings is 1. The summed E-state index contributed by atoms with van der Waals surface area (Å²) < 4.78 is 54.3. The Hall–Kier alpha value is -3.97. The van der Waals surface area contributed by atoms with Gasteiger partial charge in [0.25, 0.3) is 11.8 Å². The number of carbonyl (C=O) groups is 1. The number of hydrogen-bond donors (Lipinski definition) is 1. The molecule has 1 saturated heterocycles. The number of halogens is 3. The number of carbonyl (C=O) groups excluding carboxylic acids is 1. The average Bonchev–Trinajstić information content (AvgIpc) is 3.02. The molecule has 2 aromatic heterocycles. The van der Waals surface area contributed by atoms with Crippen molar-refractivity contribution in [3.8, 4) is 17.2 Å². The monoisotopic (exact) mass is 695 g/mol. The van der Waals surface area contributed by atoms with E-state index in [1.165, 1.54) is 42.5 Å². The Morgan fingerprint density at radius 2 is 1.84 bits per heavy atom. The smallest absolute Gasteiger partial charge is 0.258 e. The summed E-state index contributed by atoms with van der Waals surface area (Å²) in [5.74, 6) is -2.04. The Bertz CT molecular complexity index is 1650. The fourth-order valence-electron chi connectivity index (χ4n) is 7.52. The van der Waals surface area contributed by atoms with E-state index in [4.69, 9.17) is 9.47 Å². The average molecular weight is 696 g/mol. The second-order valence-electron chi connectivity index (χ2n) is 14.6. The van der Waals surface area contributed by atoms with Gasteiger partial charge in [-0.3, -0.25) is 9.78 Å². The van der Waals surface area contributed by atoms with Gasteiger partial charge >= 0.3 is 0 Å². The first-order valence-electron chi connectivity index (χ1n) is 17.6. The van der Waals surface area contributed by atoms with Crippen molar-refractivity contribution in [2.75, 3.05) is 45.2 Å².